The van der Waals surface area contributed by atoms with Gasteiger partial charge in [-0.05, 0) is 55.7 Å². The van der Waals surface area contributed by atoms with Crippen molar-refractivity contribution >= 4 is 39.9 Å². The Labute approximate surface area is 214 Å². The predicted octanol–water partition coefficient (Wildman–Crippen LogP) is 6.14. The van der Waals surface area contributed by atoms with Gasteiger partial charge in [-0.25, -0.2) is 4.98 Å². The quantitative estimate of drug-likeness (QED) is 0.294. The smallest absolute Gasteiger partial charge is 0.255 e. The fourth-order valence-corrected chi connectivity index (χ4v) is 5.48. The van der Waals surface area contributed by atoms with Crippen molar-refractivity contribution in [3.05, 3.63) is 76.1 Å². The number of hydrogen-bond donors (Lipinski definition) is 3. The van der Waals surface area contributed by atoms with E-state index < -0.39 is 0 Å². The Balaban J connectivity index is 1.65. The minimum absolute atomic E-state index is 0.0995. The van der Waals surface area contributed by atoms with Crippen molar-refractivity contribution in [1.29, 1.82) is 0 Å². The van der Waals surface area contributed by atoms with Gasteiger partial charge in [-0.2, -0.15) is 0 Å². The molecule has 8 heteroatoms. The summed E-state index contributed by atoms with van der Waals surface area (Å²) in [5.74, 6) is 0.531. The van der Waals surface area contributed by atoms with E-state index in [4.69, 9.17) is 21.3 Å². The maximum Gasteiger partial charge on any atom is 0.255 e. The summed E-state index contributed by atoms with van der Waals surface area (Å²) in [5.41, 5.74) is 8.41. The lowest BCUT2D eigenvalue weighted by molar-refractivity contribution is 0.0940. The summed E-state index contributed by atoms with van der Waals surface area (Å²) < 4.78 is 5.95. The third-order valence-electron chi connectivity index (χ3n) is 6.96. The maximum absolute atomic E-state index is 13.3. The summed E-state index contributed by atoms with van der Waals surface area (Å²) in [6, 6.07) is 11.5. The third kappa shape index (κ3) is 3.80. The lowest BCUT2D eigenvalue weighted by Gasteiger charge is -2.24. The lowest BCUT2D eigenvalue weighted by Crippen LogP contribution is -2.35. The standard InChI is InChI=1S/C28H26ClN5O2/c1-3-17-19(29)5-4-6-20(17)32-27-23-24-16(14-31-28(23)35)13-15(2)10-12-36-22-8-7-21-25(33-22)18(9-11-30-21)26(27)34-24/h4-11,16,32,34H,3,12-14H2,1-2H3,(H,31,35)/b15-10-/t16-/m1/s1. The molecule has 4 aromatic rings. The van der Waals surface area contributed by atoms with Crippen LogP contribution >= 0.6 is 11.6 Å². The molecule has 0 saturated carbocycles. The van der Waals surface area contributed by atoms with Crippen LogP contribution in [0.2, 0.25) is 5.02 Å². The van der Waals surface area contributed by atoms with Crippen molar-refractivity contribution < 1.29 is 9.53 Å². The van der Waals surface area contributed by atoms with E-state index in [1.807, 2.05) is 36.4 Å². The summed E-state index contributed by atoms with van der Waals surface area (Å²) in [6.07, 6.45) is 5.39. The minimum Gasteiger partial charge on any atom is -0.473 e. The summed E-state index contributed by atoms with van der Waals surface area (Å²) in [6.45, 7) is 5.16. The summed E-state index contributed by atoms with van der Waals surface area (Å²) in [7, 11) is 0. The van der Waals surface area contributed by atoms with Crippen LogP contribution in [0.3, 0.4) is 0 Å². The number of pyridine rings is 2. The molecule has 1 atom stereocenters. The summed E-state index contributed by atoms with van der Waals surface area (Å²) in [5, 5.41) is 7.38. The maximum atomic E-state index is 13.3. The van der Waals surface area contributed by atoms with E-state index >= 15 is 0 Å². The van der Waals surface area contributed by atoms with Gasteiger partial charge in [0.1, 0.15) is 12.1 Å². The second kappa shape index (κ2) is 8.99. The molecule has 3 aromatic heterocycles. The van der Waals surface area contributed by atoms with Gasteiger partial charge < -0.3 is 20.4 Å². The van der Waals surface area contributed by atoms with Gasteiger partial charge in [0.05, 0.1) is 22.5 Å². The molecule has 182 valence electrons. The summed E-state index contributed by atoms with van der Waals surface area (Å²) >= 11 is 6.53. The number of aromatic nitrogens is 3. The number of aromatic amines is 1. The molecule has 2 aliphatic rings. The Morgan fingerprint density at radius 1 is 1.22 bits per heavy atom. The molecule has 5 heterocycles. The van der Waals surface area contributed by atoms with E-state index in [-0.39, 0.29) is 11.8 Å². The molecular weight excluding hydrogens is 474 g/mol. The number of anilines is 2. The van der Waals surface area contributed by atoms with Crippen molar-refractivity contribution in [1.82, 2.24) is 20.3 Å². The highest BCUT2D eigenvalue weighted by Gasteiger charge is 2.33. The second-order valence-electron chi connectivity index (χ2n) is 9.26. The SMILES string of the molecule is CCc1c(Cl)cccc1Nc1c2[nH]c3c1C(=O)NC[C@H]3C/C(C)=C\COc1ccc3nccc-2c3n1. The van der Waals surface area contributed by atoms with Crippen molar-refractivity contribution in [2.24, 2.45) is 0 Å². The Bertz CT molecular complexity index is 1540. The fourth-order valence-electron chi connectivity index (χ4n) is 5.17. The number of halogens is 1. The Morgan fingerprint density at radius 3 is 2.97 bits per heavy atom. The van der Waals surface area contributed by atoms with Crippen LogP contribution in [-0.2, 0) is 6.42 Å². The predicted molar refractivity (Wildman–Crippen MR) is 142 cm³/mol. The molecule has 3 N–H and O–H groups in total. The number of benzene rings is 1. The monoisotopic (exact) mass is 499 g/mol. The molecule has 36 heavy (non-hydrogen) atoms. The highest BCUT2D eigenvalue weighted by molar-refractivity contribution is 6.31. The second-order valence-corrected chi connectivity index (χ2v) is 9.66. The van der Waals surface area contributed by atoms with E-state index in [0.29, 0.717) is 40.8 Å². The molecular formula is C28H26ClN5O2. The van der Waals surface area contributed by atoms with Crippen LogP contribution in [0.4, 0.5) is 11.4 Å². The highest BCUT2D eigenvalue weighted by Crippen LogP contribution is 2.43. The van der Waals surface area contributed by atoms with E-state index in [0.717, 1.165) is 46.6 Å². The Kier molecular flexibility index (Phi) is 5.64. The number of allylic oxidation sites excluding steroid dienone is 1. The normalized spacial score (nSPS) is 18.4. The Hall–Kier alpha value is -3.84. The average Bonchev–Trinajstić information content (AvgIpc) is 3.25. The zero-order chi connectivity index (χ0) is 24.8. The molecule has 1 amide bonds. The zero-order valence-corrected chi connectivity index (χ0v) is 20.9. The number of rotatable bonds is 3. The van der Waals surface area contributed by atoms with E-state index in [1.165, 1.54) is 5.57 Å². The van der Waals surface area contributed by atoms with E-state index in [1.54, 1.807) is 6.20 Å². The number of carbonyl (C=O) groups is 1. The molecule has 7 nitrogen and oxygen atoms in total. The molecule has 0 saturated heterocycles. The Morgan fingerprint density at radius 2 is 2.11 bits per heavy atom. The number of nitrogens with zero attached hydrogens (tertiary/aromatic N) is 2. The number of hydrogen-bond acceptors (Lipinski definition) is 5. The molecule has 0 radical (unpaired) electrons. The lowest BCUT2D eigenvalue weighted by atomic mass is 9.90. The molecule has 0 aliphatic carbocycles. The number of nitrogens with one attached hydrogen (secondary N) is 3. The largest absolute Gasteiger partial charge is 0.473 e. The number of H-pyrrole nitrogens is 1. The third-order valence-corrected chi connectivity index (χ3v) is 7.32. The van der Waals surface area contributed by atoms with Gasteiger partial charge in [0, 0.05) is 46.7 Å². The number of fused-ring (bicyclic) bond motifs is 3. The molecule has 0 unspecified atom stereocenters. The van der Waals surface area contributed by atoms with Crippen LogP contribution in [0, 0.1) is 0 Å². The van der Waals surface area contributed by atoms with Gasteiger partial charge in [0.15, 0.2) is 0 Å². The van der Waals surface area contributed by atoms with Crippen molar-refractivity contribution in [3.63, 3.8) is 0 Å². The first kappa shape index (κ1) is 22.6. The van der Waals surface area contributed by atoms with Gasteiger partial charge >= 0.3 is 0 Å². The average molecular weight is 500 g/mol. The van der Waals surface area contributed by atoms with Crippen LogP contribution < -0.4 is 15.4 Å². The first-order valence-corrected chi connectivity index (χ1v) is 12.5. The molecule has 6 rings (SSSR count). The zero-order valence-electron chi connectivity index (χ0n) is 20.1. The van der Waals surface area contributed by atoms with E-state index in [9.17, 15) is 4.79 Å². The molecule has 0 spiro atoms. The van der Waals surface area contributed by atoms with Crippen LogP contribution in [0.25, 0.3) is 22.3 Å². The van der Waals surface area contributed by atoms with Gasteiger partial charge in [-0.3, -0.25) is 9.78 Å². The van der Waals surface area contributed by atoms with Gasteiger partial charge in [-0.1, -0.05) is 30.2 Å². The molecule has 0 fully saturated rings. The summed E-state index contributed by atoms with van der Waals surface area (Å²) in [4.78, 5) is 26.3. The number of amides is 1. The molecule has 2 aliphatic heterocycles. The minimum atomic E-state index is -0.101. The highest BCUT2D eigenvalue weighted by atomic mass is 35.5. The molecule has 1 aromatic carbocycles. The number of carbonyl (C=O) groups excluding carboxylic acids is 1. The van der Waals surface area contributed by atoms with E-state index in [2.05, 4.69) is 40.5 Å². The molecule has 4 bridgehead atoms. The topological polar surface area (TPSA) is 91.9 Å². The van der Waals surface area contributed by atoms with Crippen LogP contribution in [0.15, 0.2) is 54.2 Å². The van der Waals surface area contributed by atoms with Crippen LogP contribution in [-0.4, -0.2) is 34.0 Å². The van der Waals surface area contributed by atoms with Gasteiger partial charge in [0.2, 0.25) is 5.88 Å². The fraction of sp³-hybridized carbons (Fsp3) is 0.250. The van der Waals surface area contributed by atoms with Crippen molar-refractivity contribution in [3.8, 4) is 17.1 Å². The first-order valence-electron chi connectivity index (χ1n) is 12.2. The van der Waals surface area contributed by atoms with Crippen molar-refractivity contribution in [2.45, 2.75) is 32.6 Å². The number of ether oxygens (including phenoxy) is 1. The van der Waals surface area contributed by atoms with Crippen molar-refractivity contribution in [2.75, 3.05) is 18.5 Å². The first-order chi connectivity index (χ1) is 17.5. The van der Waals surface area contributed by atoms with Gasteiger partial charge in [0.25, 0.3) is 5.91 Å². The van der Waals surface area contributed by atoms with Crippen LogP contribution in [0.1, 0.15) is 47.8 Å². The van der Waals surface area contributed by atoms with Gasteiger partial charge in [-0.15, -0.1) is 0 Å². The van der Waals surface area contributed by atoms with Crippen LogP contribution in [0.5, 0.6) is 5.88 Å².